The standard InChI is InChI=1S/C14H18N4O/c1-18-8-7-16-13(18)10-17-14(19)12(15)9-11-5-3-2-4-6-11/h2-8,12H,9-10,15H2,1H3,(H,17,19)/t12-/m0/s1. The Morgan fingerprint density at radius 3 is 2.79 bits per heavy atom. The summed E-state index contributed by atoms with van der Waals surface area (Å²) in [5.41, 5.74) is 6.95. The van der Waals surface area contributed by atoms with Crippen LogP contribution in [0, 0.1) is 0 Å². The van der Waals surface area contributed by atoms with E-state index in [2.05, 4.69) is 10.3 Å². The molecule has 19 heavy (non-hydrogen) atoms. The molecule has 0 unspecified atom stereocenters. The maximum Gasteiger partial charge on any atom is 0.237 e. The summed E-state index contributed by atoms with van der Waals surface area (Å²) in [7, 11) is 1.89. The fourth-order valence-electron chi connectivity index (χ4n) is 1.82. The van der Waals surface area contributed by atoms with E-state index in [-0.39, 0.29) is 5.91 Å². The van der Waals surface area contributed by atoms with Crippen LogP contribution in [0.15, 0.2) is 42.7 Å². The Bertz CT molecular complexity index is 535. The highest BCUT2D eigenvalue weighted by Crippen LogP contribution is 2.02. The Kier molecular flexibility index (Phi) is 4.30. The minimum atomic E-state index is -0.539. The number of hydrogen-bond donors (Lipinski definition) is 2. The van der Waals surface area contributed by atoms with Crippen LogP contribution in [-0.2, 0) is 24.8 Å². The third kappa shape index (κ3) is 3.66. The van der Waals surface area contributed by atoms with Gasteiger partial charge in [-0.2, -0.15) is 0 Å². The van der Waals surface area contributed by atoms with E-state index in [1.807, 2.05) is 48.1 Å². The number of nitrogens with two attached hydrogens (primary N) is 1. The Morgan fingerprint density at radius 1 is 1.42 bits per heavy atom. The molecule has 0 saturated heterocycles. The van der Waals surface area contributed by atoms with Crippen molar-refractivity contribution in [2.24, 2.45) is 12.8 Å². The third-order valence-electron chi connectivity index (χ3n) is 2.98. The highest BCUT2D eigenvalue weighted by Gasteiger charge is 2.14. The molecule has 3 N–H and O–H groups in total. The topological polar surface area (TPSA) is 72.9 Å². The average molecular weight is 258 g/mol. The van der Waals surface area contributed by atoms with Crippen LogP contribution < -0.4 is 11.1 Å². The second-order valence-corrected chi connectivity index (χ2v) is 4.47. The summed E-state index contributed by atoms with van der Waals surface area (Å²) in [5.74, 6) is 0.645. The number of carbonyl (C=O) groups is 1. The van der Waals surface area contributed by atoms with Crippen LogP contribution in [0.1, 0.15) is 11.4 Å². The normalized spacial score (nSPS) is 12.1. The van der Waals surface area contributed by atoms with E-state index in [1.165, 1.54) is 0 Å². The van der Waals surface area contributed by atoms with Crippen LogP contribution in [0.25, 0.3) is 0 Å². The Balaban J connectivity index is 1.84. The lowest BCUT2D eigenvalue weighted by molar-refractivity contribution is -0.122. The number of hydrogen-bond acceptors (Lipinski definition) is 3. The second kappa shape index (κ2) is 6.15. The number of aryl methyl sites for hydroxylation is 1. The molecular weight excluding hydrogens is 240 g/mol. The quantitative estimate of drug-likeness (QED) is 0.825. The predicted molar refractivity (Wildman–Crippen MR) is 73.2 cm³/mol. The van der Waals surface area contributed by atoms with E-state index >= 15 is 0 Å². The molecule has 2 aromatic rings. The van der Waals surface area contributed by atoms with Crippen molar-refractivity contribution in [2.45, 2.75) is 19.0 Å². The van der Waals surface area contributed by atoms with Gasteiger partial charge in [-0.05, 0) is 12.0 Å². The van der Waals surface area contributed by atoms with Gasteiger partial charge in [0.15, 0.2) is 0 Å². The molecule has 100 valence electrons. The molecular formula is C14H18N4O. The van der Waals surface area contributed by atoms with Crippen molar-refractivity contribution in [2.75, 3.05) is 0 Å². The SMILES string of the molecule is Cn1ccnc1CNC(=O)[C@@H](N)Cc1ccccc1. The van der Waals surface area contributed by atoms with E-state index < -0.39 is 6.04 Å². The summed E-state index contributed by atoms with van der Waals surface area (Å²) in [4.78, 5) is 16.0. The zero-order chi connectivity index (χ0) is 13.7. The number of carbonyl (C=O) groups excluding carboxylic acids is 1. The van der Waals surface area contributed by atoms with Crippen molar-refractivity contribution >= 4 is 5.91 Å². The van der Waals surface area contributed by atoms with Gasteiger partial charge in [0.25, 0.3) is 0 Å². The monoisotopic (exact) mass is 258 g/mol. The predicted octanol–water partition coefficient (Wildman–Crippen LogP) is 0.606. The van der Waals surface area contributed by atoms with E-state index in [1.54, 1.807) is 6.20 Å². The van der Waals surface area contributed by atoms with Crippen LogP contribution in [0.5, 0.6) is 0 Å². The Morgan fingerprint density at radius 2 is 2.16 bits per heavy atom. The largest absolute Gasteiger partial charge is 0.348 e. The molecule has 0 saturated carbocycles. The van der Waals surface area contributed by atoms with Gasteiger partial charge in [-0.1, -0.05) is 30.3 Å². The first-order chi connectivity index (χ1) is 9.16. The molecule has 1 heterocycles. The molecule has 1 atom stereocenters. The van der Waals surface area contributed by atoms with Gasteiger partial charge >= 0.3 is 0 Å². The van der Waals surface area contributed by atoms with Crippen LogP contribution in [0.2, 0.25) is 0 Å². The Hall–Kier alpha value is -2.14. The molecule has 0 aliphatic carbocycles. The molecule has 2 rings (SSSR count). The second-order valence-electron chi connectivity index (χ2n) is 4.47. The van der Waals surface area contributed by atoms with Crippen molar-refractivity contribution in [3.63, 3.8) is 0 Å². The summed E-state index contributed by atoms with van der Waals surface area (Å²) in [6, 6.07) is 9.21. The molecule has 5 heteroatoms. The molecule has 1 aromatic carbocycles. The molecule has 0 aliphatic heterocycles. The highest BCUT2D eigenvalue weighted by atomic mass is 16.2. The van der Waals surface area contributed by atoms with Crippen LogP contribution in [-0.4, -0.2) is 21.5 Å². The minimum absolute atomic E-state index is 0.160. The molecule has 0 fully saturated rings. The number of benzene rings is 1. The number of nitrogens with one attached hydrogen (secondary N) is 1. The van der Waals surface area contributed by atoms with E-state index in [0.717, 1.165) is 11.4 Å². The summed E-state index contributed by atoms with van der Waals surface area (Å²) in [6.07, 6.45) is 4.07. The summed E-state index contributed by atoms with van der Waals surface area (Å²) in [6.45, 7) is 0.394. The number of amides is 1. The van der Waals surface area contributed by atoms with E-state index in [0.29, 0.717) is 13.0 Å². The first-order valence-corrected chi connectivity index (χ1v) is 6.20. The van der Waals surface area contributed by atoms with Crippen molar-refractivity contribution in [3.05, 3.63) is 54.1 Å². The first kappa shape index (κ1) is 13.3. The summed E-state index contributed by atoms with van der Waals surface area (Å²) < 4.78 is 1.86. The summed E-state index contributed by atoms with van der Waals surface area (Å²) >= 11 is 0. The number of imidazole rings is 1. The number of nitrogens with zero attached hydrogens (tertiary/aromatic N) is 2. The highest BCUT2D eigenvalue weighted by molar-refractivity contribution is 5.81. The molecule has 5 nitrogen and oxygen atoms in total. The van der Waals surface area contributed by atoms with Crippen molar-refractivity contribution in [3.8, 4) is 0 Å². The average Bonchev–Trinajstić information content (AvgIpc) is 2.82. The lowest BCUT2D eigenvalue weighted by Crippen LogP contribution is -2.42. The van der Waals surface area contributed by atoms with E-state index in [9.17, 15) is 4.79 Å². The first-order valence-electron chi connectivity index (χ1n) is 6.20. The minimum Gasteiger partial charge on any atom is -0.348 e. The number of aromatic nitrogens is 2. The zero-order valence-corrected chi connectivity index (χ0v) is 10.9. The number of rotatable bonds is 5. The van der Waals surface area contributed by atoms with Gasteiger partial charge in [-0.15, -0.1) is 0 Å². The van der Waals surface area contributed by atoms with Crippen LogP contribution in [0.4, 0.5) is 0 Å². The molecule has 1 amide bonds. The fraction of sp³-hybridized carbons (Fsp3) is 0.286. The van der Waals surface area contributed by atoms with Gasteiger partial charge < -0.3 is 15.6 Å². The fourth-order valence-corrected chi connectivity index (χ4v) is 1.82. The lowest BCUT2D eigenvalue weighted by Gasteiger charge is -2.12. The van der Waals surface area contributed by atoms with Crippen molar-refractivity contribution in [1.82, 2.24) is 14.9 Å². The summed E-state index contributed by atoms with van der Waals surface area (Å²) in [5, 5.41) is 2.80. The molecule has 0 radical (unpaired) electrons. The zero-order valence-electron chi connectivity index (χ0n) is 10.9. The van der Waals surface area contributed by atoms with Crippen LogP contribution in [0.3, 0.4) is 0 Å². The van der Waals surface area contributed by atoms with Gasteiger partial charge in [0.1, 0.15) is 5.82 Å². The van der Waals surface area contributed by atoms with Gasteiger partial charge in [0, 0.05) is 19.4 Å². The maximum absolute atomic E-state index is 11.9. The third-order valence-corrected chi connectivity index (χ3v) is 2.98. The molecule has 0 aliphatic rings. The Labute approximate surface area is 112 Å². The maximum atomic E-state index is 11.9. The van der Waals surface area contributed by atoms with Gasteiger partial charge in [-0.3, -0.25) is 4.79 Å². The van der Waals surface area contributed by atoms with Crippen LogP contribution >= 0.6 is 0 Å². The van der Waals surface area contributed by atoms with Gasteiger partial charge in [0.2, 0.25) is 5.91 Å². The van der Waals surface area contributed by atoms with Crippen molar-refractivity contribution in [1.29, 1.82) is 0 Å². The molecule has 0 spiro atoms. The lowest BCUT2D eigenvalue weighted by atomic mass is 10.1. The van der Waals surface area contributed by atoms with Gasteiger partial charge in [-0.25, -0.2) is 4.98 Å². The molecule has 0 bridgehead atoms. The smallest absolute Gasteiger partial charge is 0.237 e. The van der Waals surface area contributed by atoms with Gasteiger partial charge in [0.05, 0.1) is 12.6 Å². The van der Waals surface area contributed by atoms with E-state index in [4.69, 9.17) is 5.73 Å². The van der Waals surface area contributed by atoms with Crippen molar-refractivity contribution < 1.29 is 4.79 Å². The molecule has 1 aromatic heterocycles.